The van der Waals surface area contributed by atoms with Gasteiger partial charge in [0.2, 0.25) is 5.91 Å². The van der Waals surface area contributed by atoms with Gasteiger partial charge in [-0.2, -0.15) is 0 Å². The number of thiazole rings is 1. The quantitative estimate of drug-likeness (QED) is 0.638. The molecule has 1 heterocycles. The largest absolute Gasteiger partial charge is 0.496 e. The Labute approximate surface area is 155 Å². The molecule has 0 aliphatic heterocycles. The first kappa shape index (κ1) is 17.5. The van der Waals surface area contributed by atoms with E-state index in [1.54, 1.807) is 31.4 Å². The molecule has 0 bridgehead atoms. The van der Waals surface area contributed by atoms with Crippen LogP contribution in [0.1, 0.15) is 16.7 Å². The lowest BCUT2D eigenvalue weighted by Gasteiger charge is -2.04. The number of anilines is 1. The molecule has 3 aromatic rings. The average Bonchev–Trinajstić information content (AvgIpc) is 2.95. The molecule has 4 nitrogen and oxygen atoms in total. The third-order valence-electron chi connectivity index (χ3n) is 3.67. The number of ether oxygens (including phenoxy) is 1. The number of methoxy groups -OCH3 is 1. The molecule has 0 radical (unpaired) electrons. The Kier molecular flexibility index (Phi) is 5.06. The van der Waals surface area contributed by atoms with Crippen molar-refractivity contribution in [2.24, 2.45) is 0 Å². The lowest BCUT2D eigenvalue weighted by atomic mass is 10.1. The summed E-state index contributed by atoms with van der Waals surface area (Å²) < 4.78 is 6.33. The average molecular weight is 373 g/mol. The van der Waals surface area contributed by atoms with Gasteiger partial charge in [0, 0.05) is 16.7 Å². The van der Waals surface area contributed by atoms with Gasteiger partial charge in [-0.05, 0) is 55.3 Å². The van der Waals surface area contributed by atoms with Crippen molar-refractivity contribution in [3.8, 4) is 5.75 Å². The van der Waals surface area contributed by atoms with Crippen LogP contribution in [-0.4, -0.2) is 18.0 Å². The van der Waals surface area contributed by atoms with E-state index in [9.17, 15) is 4.79 Å². The molecule has 0 atom stereocenters. The third kappa shape index (κ3) is 4.00. The maximum Gasteiger partial charge on any atom is 0.250 e. The van der Waals surface area contributed by atoms with Gasteiger partial charge >= 0.3 is 0 Å². The molecule has 3 rings (SSSR count). The molecular formula is C19H17ClN2O2S. The SMILES string of the molecule is COc1ccc(Cl)cc1/C=C/C(=O)Nc1nc2c(C)cc(C)cc2s1. The molecule has 0 saturated carbocycles. The van der Waals surface area contributed by atoms with Gasteiger partial charge in [0.05, 0.1) is 17.3 Å². The molecule has 1 aromatic heterocycles. The van der Waals surface area contributed by atoms with Crippen molar-refractivity contribution in [2.75, 3.05) is 12.4 Å². The van der Waals surface area contributed by atoms with Crippen LogP contribution in [0.2, 0.25) is 5.02 Å². The Hall–Kier alpha value is -2.37. The summed E-state index contributed by atoms with van der Waals surface area (Å²) in [5.41, 5.74) is 3.94. The molecule has 128 valence electrons. The molecule has 6 heteroatoms. The molecule has 0 aliphatic rings. The van der Waals surface area contributed by atoms with Crippen LogP contribution in [-0.2, 0) is 4.79 Å². The van der Waals surface area contributed by atoms with E-state index in [-0.39, 0.29) is 5.91 Å². The molecular weight excluding hydrogens is 356 g/mol. The first-order valence-corrected chi connectivity index (χ1v) is 8.86. The Balaban J connectivity index is 1.79. The second-order valence-corrected chi connectivity index (χ2v) is 7.12. The number of hydrogen-bond acceptors (Lipinski definition) is 4. The first-order valence-electron chi connectivity index (χ1n) is 7.66. The van der Waals surface area contributed by atoms with Crippen molar-refractivity contribution in [3.63, 3.8) is 0 Å². The van der Waals surface area contributed by atoms with Crippen LogP contribution in [0.5, 0.6) is 5.75 Å². The minimum absolute atomic E-state index is 0.254. The summed E-state index contributed by atoms with van der Waals surface area (Å²) in [6, 6.07) is 9.40. The number of amides is 1. The number of carbonyl (C=O) groups excluding carboxylic acids is 1. The van der Waals surface area contributed by atoms with E-state index < -0.39 is 0 Å². The van der Waals surface area contributed by atoms with E-state index >= 15 is 0 Å². The molecule has 2 aromatic carbocycles. The van der Waals surface area contributed by atoms with Crippen LogP contribution in [0.15, 0.2) is 36.4 Å². The van der Waals surface area contributed by atoms with Crippen molar-refractivity contribution in [1.82, 2.24) is 4.98 Å². The number of hydrogen-bond donors (Lipinski definition) is 1. The fourth-order valence-electron chi connectivity index (χ4n) is 2.57. The number of halogens is 1. The smallest absolute Gasteiger partial charge is 0.250 e. The summed E-state index contributed by atoms with van der Waals surface area (Å²) in [7, 11) is 1.58. The summed E-state index contributed by atoms with van der Waals surface area (Å²) in [4.78, 5) is 16.7. The summed E-state index contributed by atoms with van der Waals surface area (Å²) in [6.07, 6.45) is 3.11. The van der Waals surface area contributed by atoms with E-state index in [1.807, 2.05) is 13.8 Å². The van der Waals surface area contributed by atoms with Crippen LogP contribution in [0.3, 0.4) is 0 Å². The van der Waals surface area contributed by atoms with Gasteiger partial charge in [0.1, 0.15) is 5.75 Å². The fourth-order valence-corrected chi connectivity index (χ4v) is 3.80. The molecule has 0 fully saturated rings. The third-order valence-corrected chi connectivity index (χ3v) is 4.82. The second kappa shape index (κ2) is 7.25. The van der Waals surface area contributed by atoms with Crippen LogP contribution >= 0.6 is 22.9 Å². The number of rotatable bonds is 4. The van der Waals surface area contributed by atoms with Crippen LogP contribution < -0.4 is 10.1 Å². The lowest BCUT2D eigenvalue weighted by molar-refractivity contribution is -0.111. The van der Waals surface area contributed by atoms with E-state index in [2.05, 4.69) is 22.4 Å². The molecule has 25 heavy (non-hydrogen) atoms. The molecule has 0 unspecified atom stereocenters. The van der Waals surface area contributed by atoms with Gasteiger partial charge in [-0.25, -0.2) is 4.98 Å². The summed E-state index contributed by atoms with van der Waals surface area (Å²) in [6.45, 7) is 4.07. The monoisotopic (exact) mass is 372 g/mol. The van der Waals surface area contributed by atoms with Crippen molar-refractivity contribution >= 4 is 50.3 Å². The second-order valence-electron chi connectivity index (χ2n) is 5.66. The highest BCUT2D eigenvalue weighted by atomic mass is 35.5. The van der Waals surface area contributed by atoms with E-state index in [1.165, 1.54) is 23.0 Å². The normalized spacial score (nSPS) is 11.2. The zero-order valence-corrected chi connectivity index (χ0v) is 15.7. The van der Waals surface area contributed by atoms with E-state index in [0.717, 1.165) is 21.3 Å². The van der Waals surface area contributed by atoms with Gasteiger partial charge in [-0.3, -0.25) is 10.1 Å². The number of nitrogens with zero attached hydrogens (tertiary/aromatic N) is 1. The molecule has 0 aliphatic carbocycles. The molecule has 0 saturated heterocycles. The minimum Gasteiger partial charge on any atom is -0.496 e. The van der Waals surface area contributed by atoms with Crippen molar-refractivity contribution in [1.29, 1.82) is 0 Å². The predicted molar refractivity (Wildman–Crippen MR) is 105 cm³/mol. The number of benzene rings is 2. The van der Waals surface area contributed by atoms with Crippen LogP contribution in [0.25, 0.3) is 16.3 Å². The van der Waals surface area contributed by atoms with E-state index in [4.69, 9.17) is 16.3 Å². The van der Waals surface area contributed by atoms with Gasteiger partial charge < -0.3 is 4.74 Å². The summed E-state index contributed by atoms with van der Waals surface area (Å²) >= 11 is 7.46. The van der Waals surface area contributed by atoms with Gasteiger partial charge in [0.15, 0.2) is 5.13 Å². The zero-order valence-electron chi connectivity index (χ0n) is 14.1. The topological polar surface area (TPSA) is 51.2 Å². The molecule has 1 amide bonds. The highest BCUT2D eigenvalue weighted by molar-refractivity contribution is 7.22. The zero-order chi connectivity index (χ0) is 18.0. The number of carbonyl (C=O) groups is 1. The molecule has 0 spiro atoms. The summed E-state index contributed by atoms with van der Waals surface area (Å²) in [5.74, 6) is 0.398. The van der Waals surface area contributed by atoms with Crippen LogP contribution in [0, 0.1) is 13.8 Å². The Morgan fingerprint density at radius 3 is 2.84 bits per heavy atom. The van der Waals surface area contributed by atoms with Crippen molar-refractivity contribution < 1.29 is 9.53 Å². The number of nitrogens with one attached hydrogen (secondary N) is 1. The Bertz CT molecular complexity index is 979. The Morgan fingerprint density at radius 1 is 1.28 bits per heavy atom. The predicted octanol–water partition coefficient (Wildman–Crippen LogP) is 5.23. The number of fused-ring (bicyclic) bond motifs is 1. The first-order chi connectivity index (χ1) is 12.0. The van der Waals surface area contributed by atoms with Crippen molar-refractivity contribution in [3.05, 3.63) is 58.1 Å². The highest BCUT2D eigenvalue weighted by Gasteiger charge is 2.09. The van der Waals surface area contributed by atoms with Gasteiger partial charge in [-0.1, -0.05) is 29.0 Å². The van der Waals surface area contributed by atoms with Crippen LogP contribution in [0.4, 0.5) is 5.13 Å². The number of aromatic nitrogens is 1. The fraction of sp³-hybridized carbons (Fsp3) is 0.158. The van der Waals surface area contributed by atoms with E-state index in [0.29, 0.717) is 15.9 Å². The molecule has 1 N–H and O–H groups in total. The maximum atomic E-state index is 12.2. The summed E-state index contributed by atoms with van der Waals surface area (Å²) in [5, 5.41) is 3.97. The maximum absolute atomic E-state index is 12.2. The highest BCUT2D eigenvalue weighted by Crippen LogP contribution is 2.29. The van der Waals surface area contributed by atoms with Gasteiger partial charge in [0.25, 0.3) is 0 Å². The Morgan fingerprint density at radius 2 is 2.08 bits per heavy atom. The van der Waals surface area contributed by atoms with Crippen molar-refractivity contribution in [2.45, 2.75) is 13.8 Å². The van der Waals surface area contributed by atoms with Gasteiger partial charge in [-0.15, -0.1) is 0 Å². The lowest BCUT2D eigenvalue weighted by Crippen LogP contribution is -2.07. The number of aryl methyl sites for hydroxylation is 2. The minimum atomic E-state index is -0.254. The standard InChI is InChI=1S/C19H17ClN2O2S/c1-11-8-12(2)18-16(9-11)25-19(22-18)21-17(23)7-4-13-10-14(20)5-6-15(13)24-3/h4-10H,1-3H3,(H,21,22,23)/b7-4+.